The highest BCUT2D eigenvalue weighted by Gasteiger charge is 2.61. The van der Waals surface area contributed by atoms with Crippen molar-refractivity contribution in [1.82, 2.24) is 9.88 Å². The number of carbonyl (C=O) groups excluding carboxylic acids is 1. The molecule has 25 heavy (non-hydrogen) atoms. The fraction of sp³-hybridized carbons (Fsp3) is 0.524. The van der Waals surface area contributed by atoms with Crippen molar-refractivity contribution in [2.45, 2.75) is 52.6 Å². The molecule has 0 saturated heterocycles. The van der Waals surface area contributed by atoms with Crippen molar-refractivity contribution in [1.29, 1.82) is 0 Å². The van der Waals surface area contributed by atoms with E-state index in [1.165, 1.54) is 18.9 Å². The topological polar surface area (TPSA) is 51.1 Å². The molecule has 2 aliphatic carbocycles. The van der Waals surface area contributed by atoms with Gasteiger partial charge in [0.2, 0.25) is 5.91 Å². The predicted octanol–water partition coefficient (Wildman–Crippen LogP) is 3.33. The van der Waals surface area contributed by atoms with Crippen molar-refractivity contribution in [3.63, 3.8) is 0 Å². The van der Waals surface area contributed by atoms with Crippen LogP contribution >= 0.6 is 0 Å². The van der Waals surface area contributed by atoms with Crippen molar-refractivity contribution >= 4 is 16.8 Å². The Hall–Kier alpha value is -2.10. The number of amides is 1. The van der Waals surface area contributed by atoms with Crippen molar-refractivity contribution in [3.05, 3.63) is 46.8 Å². The number of benzene rings is 1. The summed E-state index contributed by atoms with van der Waals surface area (Å²) in [5.74, 6) is 0.736. The highest BCUT2D eigenvalue weighted by Crippen LogP contribution is 2.65. The summed E-state index contributed by atoms with van der Waals surface area (Å²) in [5, 5.41) is 3.95. The number of fused-ring (bicyclic) bond motifs is 3. The first-order valence-corrected chi connectivity index (χ1v) is 9.20. The van der Waals surface area contributed by atoms with Gasteiger partial charge in [-0.25, -0.2) is 0 Å². The molecule has 1 amide bonds. The Balaban J connectivity index is 1.55. The minimum atomic E-state index is -0.00498. The summed E-state index contributed by atoms with van der Waals surface area (Å²) >= 11 is 0. The van der Waals surface area contributed by atoms with Crippen LogP contribution in [0, 0.1) is 16.7 Å². The Morgan fingerprint density at radius 2 is 2.00 bits per heavy atom. The van der Waals surface area contributed by atoms with E-state index in [0.717, 1.165) is 11.9 Å². The number of para-hydroxylation sites is 1. The average Bonchev–Trinajstić information content (AvgIpc) is 2.91. The highest BCUT2D eigenvalue weighted by molar-refractivity contribution is 5.82. The number of aromatic nitrogens is 1. The quantitative estimate of drug-likeness (QED) is 0.933. The second kappa shape index (κ2) is 5.45. The van der Waals surface area contributed by atoms with Gasteiger partial charge in [-0.05, 0) is 48.1 Å². The van der Waals surface area contributed by atoms with E-state index in [-0.39, 0.29) is 34.8 Å². The molecule has 4 nitrogen and oxygen atoms in total. The summed E-state index contributed by atoms with van der Waals surface area (Å²) in [6.07, 6.45) is 5.27. The number of hydrogen-bond acceptors (Lipinski definition) is 2. The largest absolute Gasteiger partial charge is 0.351 e. The second-order valence-corrected chi connectivity index (χ2v) is 8.56. The number of rotatable bonds is 3. The Bertz CT molecular complexity index is 898. The van der Waals surface area contributed by atoms with Gasteiger partial charge in [0.25, 0.3) is 0 Å². The van der Waals surface area contributed by atoms with Gasteiger partial charge in [0.1, 0.15) is 6.54 Å². The second-order valence-electron chi connectivity index (χ2n) is 8.56. The lowest BCUT2D eigenvalue weighted by molar-refractivity contribution is -0.123. The molecule has 1 heterocycles. The summed E-state index contributed by atoms with van der Waals surface area (Å²) in [7, 11) is 0. The zero-order chi connectivity index (χ0) is 17.8. The van der Waals surface area contributed by atoms with E-state index in [0.29, 0.717) is 11.3 Å². The molecule has 3 atom stereocenters. The monoisotopic (exact) mass is 338 g/mol. The van der Waals surface area contributed by atoms with E-state index in [1.54, 1.807) is 6.20 Å². The molecule has 0 aliphatic heterocycles. The van der Waals surface area contributed by atoms with Crippen molar-refractivity contribution in [2.75, 3.05) is 0 Å². The molecule has 132 valence electrons. The van der Waals surface area contributed by atoms with Gasteiger partial charge in [-0.1, -0.05) is 32.9 Å². The molecule has 2 fully saturated rings. The third-order valence-electron chi connectivity index (χ3n) is 7.33. The first kappa shape index (κ1) is 16.4. The Morgan fingerprint density at radius 3 is 2.68 bits per heavy atom. The summed E-state index contributed by atoms with van der Waals surface area (Å²) in [6.45, 7) is 7.29. The lowest BCUT2D eigenvalue weighted by atomic mass is 9.69. The van der Waals surface area contributed by atoms with Crippen LogP contribution in [0.1, 0.15) is 40.0 Å². The maximum atomic E-state index is 12.7. The third kappa shape index (κ3) is 2.34. The fourth-order valence-corrected chi connectivity index (χ4v) is 5.21. The molecule has 2 bridgehead atoms. The Kier molecular flexibility index (Phi) is 3.57. The van der Waals surface area contributed by atoms with Gasteiger partial charge in [0.15, 0.2) is 5.43 Å². The maximum absolute atomic E-state index is 12.7. The van der Waals surface area contributed by atoms with Gasteiger partial charge < -0.3 is 9.88 Å². The number of nitrogens with one attached hydrogen (secondary N) is 1. The zero-order valence-electron chi connectivity index (χ0n) is 15.2. The van der Waals surface area contributed by atoms with Crippen LogP contribution in [-0.2, 0) is 11.3 Å². The van der Waals surface area contributed by atoms with Crippen molar-refractivity contribution < 1.29 is 4.79 Å². The zero-order valence-corrected chi connectivity index (χ0v) is 15.2. The Labute approximate surface area is 148 Å². The fourth-order valence-electron chi connectivity index (χ4n) is 5.21. The molecule has 4 heteroatoms. The SMILES string of the molecule is CC1(C)[C@H]2CC[C@@]1(C)[C@H](NC(=O)Cn1ccc(=O)c3ccccc31)C2. The first-order chi connectivity index (χ1) is 11.8. The molecule has 2 saturated carbocycles. The molecular formula is C21H26N2O2. The van der Waals surface area contributed by atoms with Gasteiger partial charge >= 0.3 is 0 Å². The molecule has 0 spiro atoms. The smallest absolute Gasteiger partial charge is 0.240 e. The number of pyridine rings is 1. The predicted molar refractivity (Wildman–Crippen MR) is 99.4 cm³/mol. The lowest BCUT2D eigenvalue weighted by Crippen LogP contribution is -2.47. The van der Waals surface area contributed by atoms with Crippen LogP contribution in [0.15, 0.2) is 41.3 Å². The van der Waals surface area contributed by atoms with Crippen LogP contribution in [0.25, 0.3) is 10.9 Å². The van der Waals surface area contributed by atoms with E-state index >= 15 is 0 Å². The molecule has 2 aromatic rings. The minimum Gasteiger partial charge on any atom is -0.351 e. The normalized spacial score (nSPS) is 29.9. The molecule has 1 aromatic carbocycles. The van der Waals surface area contributed by atoms with E-state index < -0.39 is 0 Å². The molecule has 4 rings (SSSR count). The Morgan fingerprint density at radius 1 is 1.24 bits per heavy atom. The first-order valence-electron chi connectivity index (χ1n) is 9.20. The van der Waals surface area contributed by atoms with Crippen LogP contribution < -0.4 is 10.7 Å². The van der Waals surface area contributed by atoms with Crippen LogP contribution in [0.3, 0.4) is 0 Å². The summed E-state index contributed by atoms with van der Waals surface area (Å²) in [5.41, 5.74) is 1.27. The minimum absolute atomic E-state index is 0.00498. The van der Waals surface area contributed by atoms with Crippen molar-refractivity contribution in [2.24, 2.45) is 16.7 Å². The molecule has 1 N–H and O–H groups in total. The lowest BCUT2D eigenvalue weighted by Gasteiger charge is -2.39. The van der Waals surface area contributed by atoms with Crippen LogP contribution in [-0.4, -0.2) is 16.5 Å². The molecule has 0 unspecified atom stereocenters. The average molecular weight is 338 g/mol. The summed E-state index contributed by atoms with van der Waals surface area (Å²) < 4.78 is 1.87. The van der Waals surface area contributed by atoms with Crippen LogP contribution in [0.4, 0.5) is 0 Å². The number of nitrogens with zero attached hydrogens (tertiary/aromatic N) is 1. The van der Waals surface area contributed by atoms with Crippen LogP contribution in [0.5, 0.6) is 0 Å². The number of carbonyl (C=O) groups is 1. The van der Waals surface area contributed by atoms with Crippen molar-refractivity contribution in [3.8, 4) is 0 Å². The highest BCUT2D eigenvalue weighted by atomic mass is 16.2. The number of hydrogen-bond donors (Lipinski definition) is 1. The third-order valence-corrected chi connectivity index (χ3v) is 7.33. The maximum Gasteiger partial charge on any atom is 0.240 e. The van der Waals surface area contributed by atoms with Gasteiger partial charge in [-0.2, -0.15) is 0 Å². The van der Waals surface area contributed by atoms with Crippen LogP contribution in [0.2, 0.25) is 0 Å². The van der Waals surface area contributed by atoms with Gasteiger partial charge in [-0.15, -0.1) is 0 Å². The molecule has 2 aliphatic rings. The molecule has 1 aromatic heterocycles. The standard InChI is InChI=1S/C21H26N2O2/c1-20(2)14-8-10-21(20,3)18(12-14)22-19(25)13-23-11-9-17(24)15-6-4-5-7-16(15)23/h4-7,9,11,14,18H,8,10,12-13H2,1-3H3,(H,22,25)/t14-,18+,21-/m0/s1. The van der Waals surface area contributed by atoms with Gasteiger partial charge in [0.05, 0.1) is 5.52 Å². The summed E-state index contributed by atoms with van der Waals surface area (Å²) in [4.78, 5) is 24.7. The van der Waals surface area contributed by atoms with E-state index in [9.17, 15) is 9.59 Å². The molecular weight excluding hydrogens is 312 g/mol. The van der Waals surface area contributed by atoms with E-state index in [4.69, 9.17) is 0 Å². The van der Waals surface area contributed by atoms with E-state index in [2.05, 4.69) is 26.1 Å². The van der Waals surface area contributed by atoms with E-state index in [1.807, 2.05) is 28.8 Å². The summed E-state index contributed by atoms with van der Waals surface area (Å²) in [6, 6.07) is 9.25. The molecule has 0 radical (unpaired) electrons. The van der Waals surface area contributed by atoms with Gasteiger partial charge in [0, 0.05) is 23.7 Å². The van der Waals surface area contributed by atoms with Gasteiger partial charge in [-0.3, -0.25) is 9.59 Å².